The molecule has 0 saturated heterocycles. The highest BCUT2D eigenvalue weighted by molar-refractivity contribution is 6.30. The molecule has 0 aromatic heterocycles. The number of halogens is 1. The number of hydrogen-bond donors (Lipinski definition) is 2. The Labute approximate surface area is 152 Å². The van der Waals surface area contributed by atoms with E-state index in [9.17, 15) is 9.59 Å². The van der Waals surface area contributed by atoms with E-state index >= 15 is 0 Å². The lowest BCUT2D eigenvalue weighted by Crippen LogP contribution is -2.32. The third kappa shape index (κ3) is 6.12. The van der Waals surface area contributed by atoms with E-state index in [-0.39, 0.29) is 18.2 Å². The summed E-state index contributed by atoms with van der Waals surface area (Å²) in [6, 6.07) is 14.2. The van der Waals surface area contributed by atoms with Gasteiger partial charge in [0.05, 0.1) is 19.6 Å². The minimum absolute atomic E-state index is 0.144. The normalized spacial score (nSPS) is 11.5. The van der Waals surface area contributed by atoms with Crippen molar-refractivity contribution in [2.45, 2.75) is 25.9 Å². The van der Waals surface area contributed by atoms with E-state index < -0.39 is 6.04 Å². The predicted octanol–water partition coefficient (Wildman–Crippen LogP) is 3.23. The van der Waals surface area contributed by atoms with Gasteiger partial charge in [0.25, 0.3) is 0 Å². The molecule has 5 nitrogen and oxygen atoms in total. The van der Waals surface area contributed by atoms with Crippen LogP contribution in [0.5, 0.6) is 5.75 Å². The first-order valence-corrected chi connectivity index (χ1v) is 8.28. The summed E-state index contributed by atoms with van der Waals surface area (Å²) in [5, 5.41) is 6.27. The van der Waals surface area contributed by atoms with Gasteiger partial charge in [0.1, 0.15) is 5.75 Å². The fraction of sp³-hybridized carbons (Fsp3) is 0.263. The van der Waals surface area contributed by atoms with E-state index in [0.717, 1.165) is 16.9 Å². The number of carbonyl (C=O) groups excluding carboxylic acids is 2. The number of carbonyl (C=O) groups is 2. The summed E-state index contributed by atoms with van der Waals surface area (Å²) in [6.45, 7) is 1.82. The second-order valence-corrected chi connectivity index (χ2v) is 6.07. The van der Waals surface area contributed by atoms with Crippen molar-refractivity contribution in [2.24, 2.45) is 0 Å². The molecule has 2 rings (SSSR count). The lowest BCUT2D eigenvalue weighted by Gasteiger charge is -2.18. The smallest absolute Gasteiger partial charge is 0.222 e. The van der Waals surface area contributed by atoms with Crippen LogP contribution in [-0.4, -0.2) is 18.9 Å². The molecule has 2 N–H and O–H groups in total. The van der Waals surface area contributed by atoms with Crippen LogP contribution in [0.25, 0.3) is 0 Å². The van der Waals surface area contributed by atoms with Crippen LogP contribution >= 0.6 is 11.6 Å². The fourth-order valence-corrected chi connectivity index (χ4v) is 2.56. The molecule has 6 heteroatoms. The summed E-state index contributed by atoms with van der Waals surface area (Å²) >= 11 is 5.89. The maximum atomic E-state index is 12.3. The summed E-state index contributed by atoms with van der Waals surface area (Å²) in [6.07, 6.45) is 0.144. The van der Waals surface area contributed by atoms with Gasteiger partial charge in [-0.1, -0.05) is 35.9 Å². The van der Waals surface area contributed by atoms with Gasteiger partial charge in [-0.05, 0) is 35.4 Å². The van der Waals surface area contributed by atoms with Crippen molar-refractivity contribution in [2.75, 3.05) is 7.11 Å². The summed E-state index contributed by atoms with van der Waals surface area (Å²) < 4.78 is 5.17. The average molecular weight is 361 g/mol. The summed E-state index contributed by atoms with van der Waals surface area (Å²) in [5.74, 6) is 0.390. The summed E-state index contributed by atoms with van der Waals surface area (Å²) in [7, 11) is 1.60. The molecule has 0 aliphatic rings. The van der Waals surface area contributed by atoms with E-state index in [1.807, 2.05) is 24.3 Å². The van der Waals surface area contributed by atoms with E-state index in [0.29, 0.717) is 11.6 Å². The number of amides is 2. The van der Waals surface area contributed by atoms with Crippen LogP contribution in [0.1, 0.15) is 30.5 Å². The molecule has 2 amide bonds. The van der Waals surface area contributed by atoms with Crippen molar-refractivity contribution in [1.29, 1.82) is 0 Å². The van der Waals surface area contributed by atoms with Crippen molar-refractivity contribution in [3.63, 3.8) is 0 Å². The first-order valence-electron chi connectivity index (χ1n) is 7.90. The van der Waals surface area contributed by atoms with Gasteiger partial charge >= 0.3 is 0 Å². The van der Waals surface area contributed by atoms with Crippen molar-refractivity contribution in [3.8, 4) is 5.75 Å². The Kier molecular flexibility index (Phi) is 6.83. The Morgan fingerprint density at radius 3 is 2.52 bits per heavy atom. The van der Waals surface area contributed by atoms with E-state index in [2.05, 4.69) is 10.6 Å². The Balaban J connectivity index is 1.98. The van der Waals surface area contributed by atoms with Gasteiger partial charge in [0.15, 0.2) is 0 Å². The Bertz CT molecular complexity index is 732. The first kappa shape index (κ1) is 18.8. The average Bonchev–Trinajstić information content (AvgIpc) is 2.60. The van der Waals surface area contributed by atoms with Gasteiger partial charge in [-0.2, -0.15) is 0 Å². The van der Waals surface area contributed by atoms with Gasteiger partial charge in [-0.15, -0.1) is 0 Å². The van der Waals surface area contributed by atoms with Crippen molar-refractivity contribution < 1.29 is 14.3 Å². The van der Waals surface area contributed by atoms with Crippen molar-refractivity contribution >= 4 is 23.4 Å². The Morgan fingerprint density at radius 1 is 1.16 bits per heavy atom. The molecule has 0 heterocycles. The highest BCUT2D eigenvalue weighted by Gasteiger charge is 2.17. The number of ether oxygens (including phenoxy) is 1. The number of nitrogens with one attached hydrogen (secondary N) is 2. The number of rotatable bonds is 7. The van der Waals surface area contributed by atoms with Gasteiger partial charge in [0, 0.05) is 18.5 Å². The summed E-state index contributed by atoms with van der Waals surface area (Å²) in [5.41, 5.74) is 1.77. The molecule has 1 atom stereocenters. The molecule has 25 heavy (non-hydrogen) atoms. The van der Waals surface area contributed by atoms with Crippen LogP contribution < -0.4 is 15.4 Å². The number of benzene rings is 2. The maximum absolute atomic E-state index is 12.3. The van der Waals surface area contributed by atoms with E-state index in [4.69, 9.17) is 16.3 Å². The zero-order valence-electron chi connectivity index (χ0n) is 14.2. The fourth-order valence-electron chi connectivity index (χ4n) is 2.43. The van der Waals surface area contributed by atoms with Crippen LogP contribution in [0.2, 0.25) is 5.02 Å². The highest BCUT2D eigenvalue weighted by Crippen LogP contribution is 2.20. The van der Waals surface area contributed by atoms with Crippen molar-refractivity contribution in [1.82, 2.24) is 10.6 Å². The van der Waals surface area contributed by atoms with Crippen LogP contribution in [0, 0.1) is 0 Å². The predicted molar refractivity (Wildman–Crippen MR) is 97.5 cm³/mol. The molecule has 0 aliphatic heterocycles. The number of hydrogen-bond acceptors (Lipinski definition) is 3. The monoisotopic (exact) mass is 360 g/mol. The number of methoxy groups -OCH3 is 1. The third-order valence-corrected chi connectivity index (χ3v) is 3.92. The molecule has 0 saturated carbocycles. The highest BCUT2D eigenvalue weighted by atomic mass is 35.5. The molecule has 2 aromatic carbocycles. The molecule has 0 bridgehead atoms. The van der Waals surface area contributed by atoms with Crippen LogP contribution in [0.4, 0.5) is 0 Å². The molecule has 0 radical (unpaired) electrons. The van der Waals surface area contributed by atoms with Crippen LogP contribution in [-0.2, 0) is 16.1 Å². The topological polar surface area (TPSA) is 67.4 Å². The lowest BCUT2D eigenvalue weighted by atomic mass is 10.0. The van der Waals surface area contributed by atoms with Crippen LogP contribution in [0.15, 0.2) is 48.5 Å². The van der Waals surface area contributed by atoms with E-state index in [1.165, 1.54) is 6.92 Å². The Hall–Kier alpha value is -2.53. The minimum atomic E-state index is -0.403. The van der Waals surface area contributed by atoms with E-state index in [1.54, 1.807) is 31.4 Å². The molecule has 1 unspecified atom stereocenters. The zero-order chi connectivity index (χ0) is 18.2. The standard InChI is InChI=1S/C19H21ClN2O3/c1-13(23)22-18(15-6-8-16(20)9-7-15)11-19(24)21-12-14-4-3-5-17(10-14)25-2/h3-10,18H,11-12H2,1-2H3,(H,21,24)(H,22,23). The zero-order valence-corrected chi connectivity index (χ0v) is 15.0. The third-order valence-electron chi connectivity index (χ3n) is 3.66. The summed E-state index contributed by atoms with van der Waals surface area (Å²) in [4.78, 5) is 23.7. The van der Waals surface area contributed by atoms with Gasteiger partial charge < -0.3 is 15.4 Å². The SMILES string of the molecule is COc1cccc(CNC(=O)CC(NC(C)=O)c2ccc(Cl)cc2)c1. The van der Waals surface area contributed by atoms with Gasteiger partial charge in [0.2, 0.25) is 11.8 Å². The van der Waals surface area contributed by atoms with Gasteiger partial charge in [-0.3, -0.25) is 9.59 Å². The molecule has 2 aromatic rings. The Morgan fingerprint density at radius 2 is 1.88 bits per heavy atom. The first-order chi connectivity index (χ1) is 12.0. The molecular weight excluding hydrogens is 340 g/mol. The second kappa shape index (κ2) is 9.08. The van der Waals surface area contributed by atoms with Gasteiger partial charge in [-0.25, -0.2) is 0 Å². The molecule has 0 spiro atoms. The van der Waals surface area contributed by atoms with Crippen molar-refractivity contribution in [3.05, 3.63) is 64.7 Å². The molecular formula is C19H21ClN2O3. The largest absolute Gasteiger partial charge is 0.497 e. The van der Waals surface area contributed by atoms with Crippen LogP contribution in [0.3, 0.4) is 0 Å². The molecule has 0 aliphatic carbocycles. The molecule has 0 fully saturated rings. The minimum Gasteiger partial charge on any atom is -0.497 e. The quantitative estimate of drug-likeness (QED) is 0.796. The lowest BCUT2D eigenvalue weighted by molar-refractivity contribution is -0.122. The second-order valence-electron chi connectivity index (χ2n) is 5.64. The maximum Gasteiger partial charge on any atom is 0.222 e. The molecule has 132 valence electrons.